The van der Waals surface area contributed by atoms with Crippen molar-refractivity contribution in [2.45, 2.75) is 24.6 Å². The molecule has 1 aromatic carbocycles. The third-order valence-electron chi connectivity index (χ3n) is 4.60. The number of carboxylic acid groups (broad SMARTS) is 1. The average molecular weight is 366 g/mol. The van der Waals surface area contributed by atoms with Crippen molar-refractivity contribution in [1.29, 1.82) is 0 Å². The van der Waals surface area contributed by atoms with Crippen molar-refractivity contribution in [3.63, 3.8) is 0 Å². The van der Waals surface area contributed by atoms with Crippen LogP contribution in [-0.2, 0) is 11.8 Å². The van der Waals surface area contributed by atoms with E-state index in [1.807, 2.05) is 4.90 Å². The van der Waals surface area contributed by atoms with Gasteiger partial charge in [-0.05, 0) is 42.7 Å². The molecule has 3 rings (SSSR count). The number of carbonyl (C=O) groups is 1. The second-order valence-electron chi connectivity index (χ2n) is 6.28. The molecule has 8 heteroatoms. The van der Waals surface area contributed by atoms with Crippen molar-refractivity contribution in [1.82, 2.24) is 4.98 Å². The van der Waals surface area contributed by atoms with Crippen LogP contribution in [0.25, 0.3) is 0 Å². The van der Waals surface area contributed by atoms with Gasteiger partial charge in [0.05, 0.1) is 11.2 Å². The Morgan fingerprint density at radius 2 is 1.77 bits per heavy atom. The number of anilines is 1. The number of alkyl halides is 3. The van der Waals surface area contributed by atoms with Gasteiger partial charge in [-0.15, -0.1) is 0 Å². The summed E-state index contributed by atoms with van der Waals surface area (Å²) in [6, 6.07) is 9.38. The summed E-state index contributed by atoms with van der Waals surface area (Å²) in [6.45, 7) is 0.700. The summed E-state index contributed by atoms with van der Waals surface area (Å²) in [6.07, 6.45) is -4.03. The third-order valence-corrected chi connectivity index (χ3v) is 4.60. The first-order chi connectivity index (χ1) is 12.2. The van der Waals surface area contributed by atoms with Crippen LogP contribution in [0.3, 0.4) is 0 Å². The van der Waals surface area contributed by atoms with E-state index in [4.69, 9.17) is 5.11 Å². The topological polar surface area (TPSA) is 73.7 Å². The lowest BCUT2D eigenvalue weighted by atomic mass is 9.83. The van der Waals surface area contributed by atoms with Gasteiger partial charge in [-0.1, -0.05) is 18.2 Å². The Kier molecular flexibility index (Phi) is 4.62. The lowest BCUT2D eigenvalue weighted by molar-refractivity contribution is -0.137. The van der Waals surface area contributed by atoms with Crippen molar-refractivity contribution in [2.75, 3.05) is 18.0 Å². The second kappa shape index (κ2) is 6.60. The van der Waals surface area contributed by atoms with Crippen molar-refractivity contribution < 1.29 is 28.2 Å². The standard InChI is InChI=1S/C18H17F3N2O3/c19-18(20,21)13-4-1-3-12(11-13)17(26)7-9-23(10-8-17)15-6-2-5-14(22-15)16(24)25/h1-6,11,26H,7-10H2,(H,24,25). The minimum absolute atomic E-state index is 0.0822. The van der Waals surface area contributed by atoms with Gasteiger partial charge in [0.1, 0.15) is 5.82 Å². The normalized spacial score (nSPS) is 17.2. The smallest absolute Gasteiger partial charge is 0.416 e. The van der Waals surface area contributed by atoms with Gasteiger partial charge < -0.3 is 15.1 Å². The highest BCUT2D eigenvalue weighted by molar-refractivity contribution is 5.85. The van der Waals surface area contributed by atoms with E-state index in [0.717, 1.165) is 12.1 Å². The Labute approximate surface area is 147 Å². The van der Waals surface area contributed by atoms with Crippen LogP contribution in [0, 0.1) is 0 Å². The fourth-order valence-corrected chi connectivity index (χ4v) is 3.10. The van der Waals surface area contributed by atoms with Crippen LogP contribution in [0.4, 0.5) is 19.0 Å². The molecule has 0 aliphatic carbocycles. The van der Waals surface area contributed by atoms with Crippen LogP contribution < -0.4 is 4.90 Å². The first-order valence-corrected chi connectivity index (χ1v) is 8.04. The monoisotopic (exact) mass is 366 g/mol. The van der Waals surface area contributed by atoms with Crippen LogP contribution >= 0.6 is 0 Å². The van der Waals surface area contributed by atoms with Gasteiger partial charge in [-0.25, -0.2) is 9.78 Å². The number of carboxylic acids is 1. The van der Waals surface area contributed by atoms with Crippen LogP contribution in [0.5, 0.6) is 0 Å². The Hall–Kier alpha value is -2.61. The molecule has 0 amide bonds. The SMILES string of the molecule is O=C(O)c1cccc(N2CCC(O)(c3cccc(C(F)(F)F)c3)CC2)n1. The number of rotatable bonds is 3. The minimum Gasteiger partial charge on any atom is -0.477 e. The van der Waals surface area contributed by atoms with Gasteiger partial charge in [0, 0.05) is 13.1 Å². The zero-order valence-corrected chi connectivity index (χ0v) is 13.7. The molecule has 26 heavy (non-hydrogen) atoms. The van der Waals surface area contributed by atoms with Gasteiger partial charge in [-0.3, -0.25) is 0 Å². The first kappa shape index (κ1) is 18.2. The number of aromatic nitrogens is 1. The van der Waals surface area contributed by atoms with Crippen LogP contribution in [0.15, 0.2) is 42.5 Å². The number of aromatic carboxylic acids is 1. The summed E-state index contributed by atoms with van der Waals surface area (Å²) in [5.74, 6) is -0.666. The number of pyridine rings is 1. The van der Waals surface area contributed by atoms with Crippen molar-refractivity contribution in [2.24, 2.45) is 0 Å². The number of benzene rings is 1. The van der Waals surface area contributed by atoms with Crippen molar-refractivity contribution in [3.8, 4) is 0 Å². The number of halogens is 3. The predicted octanol–water partition coefficient (Wildman–Crippen LogP) is 3.29. The summed E-state index contributed by atoms with van der Waals surface area (Å²) < 4.78 is 38.7. The predicted molar refractivity (Wildman–Crippen MR) is 88.0 cm³/mol. The molecule has 0 spiro atoms. The van der Waals surface area contributed by atoms with Crippen molar-refractivity contribution in [3.05, 3.63) is 59.3 Å². The van der Waals surface area contributed by atoms with E-state index in [2.05, 4.69) is 4.98 Å². The highest BCUT2D eigenvalue weighted by atomic mass is 19.4. The molecule has 0 saturated carbocycles. The lowest BCUT2D eigenvalue weighted by Crippen LogP contribution is -2.43. The van der Waals surface area contributed by atoms with Gasteiger partial charge in [-0.2, -0.15) is 13.2 Å². The summed E-state index contributed by atoms with van der Waals surface area (Å²) in [5.41, 5.74) is -2.00. The van der Waals surface area contributed by atoms with Gasteiger partial charge >= 0.3 is 12.1 Å². The molecule has 0 bridgehead atoms. The van der Waals surface area contributed by atoms with Crippen LogP contribution in [0.1, 0.15) is 34.5 Å². The van der Waals surface area contributed by atoms with E-state index in [1.165, 1.54) is 18.2 Å². The zero-order valence-electron chi connectivity index (χ0n) is 13.7. The Bertz CT molecular complexity index is 815. The lowest BCUT2D eigenvalue weighted by Gasteiger charge is -2.39. The van der Waals surface area contributed by atoms with E-state index >= 15 is 0 Å². The maximum atomic E-state index is 12.9. The molecule has 0 unspecified atom stereocenters. The largest absolute Gasteiger partial charge is 0.477 e. The van der Waals surface area contributed by atoms with E-state index in [-0.39, 0.29) is 24.1 Å². The molecule has 1 aliphatic heterocycles. The molecule has 2 aromatic rings. The van der Waals surface area contributed by atoms with Crippen LogP contribution in [0.2, 0.25) is 0 Å². The average Bonchev–Trinajstić information content (AvgIpc) is 2.62. The number of nitrogens with zero attached hydrogens (tertiary/aromatic N) is 2. The second-order valence-corrected chi connectivity index (χ2v) is 6.28. The zero-order chi connectivity index (χ0) is 18.9. The van der Waals surface area contributed by atoms with E-state index < -0.39 is 23.3 Å². The molecule has 0 atom stereocenters. The third kappa shape index (κ3) is 3.65. The summed E-state index contributed by atoms with van der Waals surface area (Å²) >= 11 is 0. The molecular weight excluding hydrogens is 349 g/mol. The fourth-order valence-electron chi connectivity index (χ4n) is 3.10. The van der Waals surface area contributed by atoms with E-state index in [1.54, 1.807) is 12.1 Å². The summed E-state index contributed by atoms with van der Waals surface area (Å²) in [7, 11) is 0. The minimum atomic E-state index is -4.46. The highest BCUT2D eigenvalue weighted by Gasteiger charge is 2.37. The number of hydrogen-bond acceptors (Lipinski definition) is 4. The molecule has 2 heterocycles. The van der Waals surface area contributed by atoms with Gasteiger partial charge in [0.15, 0.2) is 5.69 Å². The Morgan fingerprint density at radius 1 is 1.12 bits per heavy atom. The summed E-state index contributed by atoms with van der Waals surface area (Å²) in [4.78, 5) is 16.9. The van der Waals surface area contributed by atoms with Gasteiger partial charge in [0.2, 0.25) is 0 Å². The maximum absolute atomic E-state index is 12.9. The molecule has 5 nitrogen and oxygen atoms in total. The summed E-state index contributed by atoms with van der Waals surface area (Å²) in [5, 5.41) is 19.8. The Morgan fingerprint density at radius 3 is 2.38 bits per heavy atom. The Balaban J connectivity index is 1.77. The quantitative estimate of drug-likeness (QED) is 0.872. The van der Waals surface area contributed by atoms with Crippen LogP contribution in [-0.4, -0.2) is 34.3 Å². The molecular formula is C18H17F3N2O3. The molecule has 1 saturated heterocycles. The molecule has 1 aromatic heterocycles. The van der Waals surface area contributed by atoms with E-state index in [0.29, 0.717) is 18.9 Å². The molecule has 138 valence electrons. The first-order valence-electron chi connectivity index (χ1n) is 8.04. The van der Waals surface area contributed by atoms with Gasteiger partial charge in [0.25, 0.3) is 0 Å². The van der Waals surface area contributed by atoms with E-state index in [9.17, 15) is 23.1 Å². The molecule has 1 aliphatic rings. The number of aliphatic hydroxyl groups is 1. The number of hydrogen-bond donors (Lipinski definition) is 2. The van der Waals surface area contributed by atoms with Crippen molar-refractivity contribution >= 4 is 11.8 Å². The molecule has 0 radical (unpaired) electrons. The highest BCUT2D eigenvalue weighted by Crippen LogP contribution is 2.37. The fraction of sp³-hybridized carbons (Fsp3) is 0.333. The maximum Gasteiger partial charge on any atom is 0.416 e. The molecule has 2 N–H and O–H groups in total. The number of piperidine rings is 1. The molecule has 1 fully saturated rings.